The van der Waals surface area contributed by atoms with Gasteiger partial charge < -0.3 is 10.6 Å². The monoisotopic (exact) mass is 436 g/mol. The van der Waals surface area contributed by atoms with Crippen LogP contribution in [0.4, 0.5) is 5.13 Å². The van der Waals surface area contributed by atoms with E-state index in [-0.39, 0.29) is 11.8 Å². The predicted molar refractivity (Wildman–Crippen MR) is 125 cm³/mol. The summed E-state index contributed by atoms with van der Waals surface area (Å²) in [6.45, 7) is 5.58. The van der Waals surface area contributed by atoms with Crippen molar-refractivity contribution in [2.75, 3.05) is 25.0 Å². The van der Waals surface area contributed by atoms with E-state index in [1.807, 2.05) is 25.1 Å². The van der Waals surface area contributed by atoms with Crippen LogP contribution in [0.25, 0.3) is 10.2 Å². The average Bonchev–Trinajstić information content (AvgIpc) is 3.18. The Kier molecular flexibility index (Phi) is 6.94. The molecule has 0 unspecified atom stereocenters. The second-order valence-electron chi connectivity index (χ2n) is 7.90. The van der Waals surface area contributed by atoms with Gasteiger partial charge >= 0.3 is 0 Å². The van der Waals surface area contributed by atoms with Gasteiger partial charge in [-0.2, -0.15) is 0 Å². The summed E-state index contributed by atoms with van der Waals surface area (Å²) in [5.41, 5.74) is 4.68. The molecule has 0 aliphatic carbocycles. The first-order valence-electron chi connectivity index (χ1n) is 10.9. The Morgan fingerprint density at radius 1 is 1.13 bits per heavy atom. The lowest BCUT2D eigenvalue weighted by Crippen LogP contribution is -2.34. The molecule has 0 saturated carbocycles. The van der Waals surface area contributed by atoms with Crippen LogP contribution < -0.4 is 10.6 Å². The minimum absolute atomic E-state index is 0.0346. The number of thiazole rings is 1. The van der Waals surface area contributed by atoms with E-state index in [4.69, 9.17) is 0 Å². The third-order valence-electron chi connectivity index (χ3n) is 5.57. The lowest BCUT2D eigenvalue weighted by Gasteiger charge is -2.28. The topological polar surface area (TPSA) is 74.3 Å². The largest absolute Gasteiger partial charge is 0.356 e. The molecular formula is C24H28N4O2S. The predicted octanol–water partition coefficient (Wildman–Crippen LogP) is 3.75. The maximum atomic E-state index is 12.4. The van der Waals surface area contributed by atoms with Crippen LogP contribution in [0.1, 0.15) is 36.5 Å². The number of rotatable bonds is 8. The smallest absolute Gasteiger partial charge is 0.225 e. The first-order valence-corrected chi connectivity index (χ1v) is 11.7. The van der Waals surface area contributed by atoms with Crippen molar-refractivity contribution in [2.45, 2.75) is 39.2 Å². The number of hydrogen-bond acceptors (Lipinski definition) is 5. The number of amides is 2. The van der Waals surface area contributed by atoms with Crippen molar-refractivity contribution in [1.29, 1.82) is 0 Å². The van der Waals surface area contributed by atoms with E-state index >= 15 is 0 Å². The van der Waals surface area contributed by atoms with Crippen molar-refractivity contribution in [3.63, 3.8) is 0 Å². The number of nitrogens with zero attached hydrogens (tertiary/aromatic N) is 2. The highest BCUT2D eigenvalue weighted by atomic mass is 32.1. The number of hydrogen-bond donors (Lipinski definition) is 2. The van der Waals surface area contributed by atoms with Crippen molar-refractivity contribution >= 4 is 38.5 Å². The van der Waals surface area contributed by atoms with Gasteiger partial charge in [0, 0.05) is 32.6 Å². The minimum Gasteiger partial charge on any atom is -0.356 e. The van der Waals surface area contributed by atoms with Gasteiger partial charge in [0.05, 0.1) is 16.6 Å². The number of nitrogens with one attached hydrogen (secondary N) is 2. The Hall–Kier alpha value is -2.77. The van der Waals surface area contributed by atoms with Crippen molar-refractivity contribution in [1.82, 2.24) is 15.2 Å². The maximum absolute atomic E-state index is 12.4. The van der Waals surface area contributed by atoms with Crippen molar-refractivity contribution in [3.05, 3.63) is 59.2 Å². The molecule has 6 nitrogen and oxygen atoms in total. The van der Waals surface area contributed by atoms with Gasteiger partial charge in [-0.05, 0) is 41.7 Å². The number of anilines is 1. The van der Waals surface area contributed by atoms with Gasteiger partial charge in [-0.25, -0.2) is 4.98 Å². The summed E-state index contributed by atoms with van der Waals surface area (Å²) >= 11 is 1.43. The normalized spacial score (nSPS) is 13.7. The van der Waals surface area contributed by atoms with Crippen LogP contribution in [0.2, 0.25) is 0 Å². The molecule has 2 heterocycles. The van der Waals surface area contributed by atoms with Gasteiger partial charge in [0.15, 0.2) is 5.13 Å². The maximum Gasteiger partial charge on any atom is 0.225 e. The summed E-state index contributed by atoms with van der Waals surface area (Å²) in [5, 5.41) is 6.44. The fraction of sp³-hybridized carbons (Fsp3) is 0.375. The standard InChI is InChI=1S/C24H28N4O2S/c1-2-22(29)27-24-26-20-9-8-17(14-21(20)31-24)15-23(30)25-11-5-12-28-13-10-18-6-3-4-7-19(18)16-28/h3-4,6-9,14H,2,5,10-13,15-16H2,1H3,(H,25,30)(H,26,27,29). The molecule has 7 heteroatoms. The van der Waals surface area contributed by atoms with Crippen molar-refractivity contribution in [3.8, 4) is 0 Å². The second-order valence-corrected chi connectivity index (χ2v) is 8.93. The molecule has 2 N–H and O–H groups in total. The Balaban J connectivity index is 1.22. The fourth-order valence-electron chi connectivity index (χ4n) is 3.86. The molecule has 1 aliphatic rings. The van der Waals surface area contributed by atoms with Crippen molar-refractivity contribution in [2.24, 2.45) is 0 Å². The average molecular weight is 437 g/mol. The lowest BCUT2D eigenvalue weighted by molar-refractivity contribution is -0.120. The molecule has 31 heavy (non-hydrogen) atoms. The fourth-order valence-corrected chi connectivity index (χ4v) is 4.81. The first-order chi connectivity index (χ1) is 15.1. The van der Waals surface area contributed by atoms with Gasteiger partial charge in [-0.1, -0.05) is 48.6 Å². The zero-order valence-corrected chi connectivity index (χ0v) is 18.6. The molecule has 2 aromatic carbocycles. The minimum atomic E-state index is -0.0487. The first kappa shape index (κ1) is 21.5. The molecule has 0 saturated heterocycles. The molecule has 1 aliphatic heterocycles. The molecule has 0 spiro atoms. The molecule has 1 aromatic heterocycles. The molecule has 0 atom stereocenters. The van der Waals surface area contributed by atoms with Gasteiger partial charge in [0.25, 0.3) is 0 Å². The van der Waals surface area contributed by atoms with Crippen LogP contribution in [0.5, 0.6) is 0 Å². The zero-order chi connectivity index (χ0) is 21.6. The van der Waals surface area contributed by atoms with E-state index in [1.165, 1.54) is 22.5 Å². The second kappa shape index (κ2) is 10.0. The third kappa shape index (κ3) is 5.68. The van der Waals surface area contributed by atoms with Crippen LogP contribution in [-0.2, 0) is 29.0 Å². The van der Waals surface area contributed by atoms with E-state index in [9.17, 15) is 9.59 Å². The Labute approximate surface area is 186 Å². The summed E-state index contributed by atoms with van der Waals surface area (Å²) in [5.74, 6) is -0.0141. The number of aromatic nitrogens is 1. The van der Waals surface area contributed by atoms with Gasteiger partial charge in [-0.15, -0.1) is 0 Å². The number of carbonyl (C=O) groups is 2. The van der Waals surface area contributed by atoms with E-state index in [1.54, 1.807) is 0 Å². The van der Waals surface area contributed by atoms with Gasteiger partial charge in [0.2, 0.25) is 11.8 Å². The van der Waals surface area contributed by atoms with Crippen molar-refractivity contribution < 1.29 is 9.59 Å². The molecular weight excluding hydrogens is 408 g/mol. The molecule has 162 valence electrons. The van der Waals surface area contributed by atoms with Crippen LogP contribution in [0.15, 0.2) is 42.5 Å². The van der Waals surface area contributed by atoms with Crippen LogP contribution in [0, 0.1) is 0 Å². The number of fused-ring (bicyclic) bond motifs is 2. The van der Waals surface area contributed by atoms with Crippen LogP contribution >= 0.6 is 11.3 Å². The summed E-state index contributed by atoms with van der Waals surface area (Å²) in [7, 11) is 0. The Morgan fingerprint density at radius 3 is 2.81 bits per heavy atom. The zero-order valence-electron chi connectivity index (χ0n) is 17.8. The lowest BCUT2D eigenvalue weighted by atomic mass is 10.00. The summed E-state index contributed by atoms with van der Waals surface area (Å²) in [4.78, 5) is 30.8. The third-order valence-corrected chi connectivity index (χ3v) is 6.50. The summed E-state index contributed by atoms with van der Waals surface area (Å²) < 4.78 is 0.974. The highest BCUT2D eigenvalue weighted by molar-refractivity contribution is 7.22. The quantitative estimate of drug-likeness (QED) is 0.528. The van der Waals surface area contributed by atoms with E-state index in [0.717, 1.165) is 48.3 Å². The molecule has 3 aromatic rings. The highest BCUT2D eigenvalue weighted by Crippen LogP contribution is 2.27. The van der Waals surface area contributed by atoms with Gasteiger partial charge in [0.1, 0.15) is 0 Å². The molecule has 0 radical (unpaired) electrons. The van der Waals surface area contributed by atoms with E-state index in [2.05, 4.69) is 44.8 Å². The Bertz CT molecular complexity index is 1080. The SMILES string of the molecule is CCC(=O)Nc1nc2ccc(CC(=O)NCCCN3CCc4ccccc4C3)cc2s1. The number of carbonyl (C=O) groups excluding carboxylic acids is 2. The highest BCUT2D eigenvalue weighted by Gasteiger charge is 2.15. The molecule has 4 rings (SSSR count). The summed E-state index contributed by atoms with van der Waals surface area (Å²) in [6, 6.07) is 14.5. The Morgan fingerprint density at radius 2 is 1.97 bits per heavy atom. The van der Waals surface area contributed by atoms with E-state index in [0.29, 0.717) is 24.5 Å². The molecule has 0 bridgehead atoms. The van der Waals surface area contributed by atoms with Crippen LogP contribution in [-0.4, -0.2) is 41.3 Å². The van der Waals surface area contributed by atoms with Gasteiger partial charge in [-0.3, -0.25) is 14.5 Å². The molecule has 0 fully saturated rings. The van der Waals surface area contributed by atoms with Crippen LogP contribution in [0.3, 0.4) is 0 Å². The summed E-state index contributed by atoms with van der Waals surface area (Å²) in [6.07, 6.45) is 2.82. The van der Waals surface area contributed by atoms with E-state index < -0.39 is 0 Å². The number of benzene rings is 2. The molecule has 2 amide bonds.